The molecule has 2 aliphatic heterocycles. The summed E-state index contributed by atoms with van der Waals surface area (Å²) in [5.41, 5.74) is 5.70. The van der Waals surface area contributed by atoms with E-state index in [1.54, 1.807) is 6.07 Å². The minimum Gasteiger partial charge on any atom is -0.477 e. The number of nitrogens with zero attached hydrogens (tertiary/aromatic N) is 1. The van der Waals surface area contributed by atoms with Crippen molar-refractivity contribution in [3.8, 4) is 11.5 Å². The molecule has 2 aliphatic rings. The van der Waals surface area contributed by atoms with Crippen LogP contribution in [0.5, 0.6) is 11.5 Å². The Balaban J connectivity index is 1.38. The first-order chi connectivity index (χ1) is 16.6. The van der Waals surface area contributed by atoms with Crippen LogP contribution >= 0.6 is 23.2 Å². The van der Waals surface area contributed by atoms with Gasteiger partial charge in [0.2, 0.25) is 5.78 Å². The molecule has 0 radical (unpaired) electrons. The van der Waals surface area contributed by atoms with Gasteiger partial charge in [-0.25, -0.2) is 0 Å². The van der Waals surface area contributed by atoms with Gasteiger partial charge < -0.3 is 9.47 Å². The van der Waals surface area contributed by atoms with Gasteiger partial charge in [0, 0.05) is 24.2 Å². The first-order valence-corrected chi connectivity index (χ1v) is 12.4. The predicted molar refractivity (Wildman–Crippen MR) is 140 cm³/mol. The lowest BCUT2D eigenvalue weighted by Gasteiger charge is -2.30. The van der Waals surface area contributed by atoms with E-state index in [2.05, 4.69) is 37.8 Å². The molecule has 35 heavy (non-hydrogen) atoms. The Morgan fingerprint density at radius 1 is 1.00 bits per heavy atom. The topological polar surface area (TPSA) is 38.8 Å². The van der Waals surface area contributed by atoms with E-state index in [0.717, 1.165) is 28.0 Å². The lowest BCUT2D eigenvalue weighted by Crippen LogP contribution is -2.32. The zero-order chi connectivity index (χ0) is 24.9. The second-order valence-corrected chi connectivity index (χ2v) is 11.0. The first-order valence-electron chi connectivity index (χ1n) is 11.6. The maximum absolute atomic E-state index is 13.2. The Morgan fingerprint density at radius 2 is 1.74 bits per heavy atom. The lowest BCUT2D eigenvalue weighted by molar-refractivity contribution is 0.0876. The number of ether oxygens (including phenoxy) is 2. The van der Waals surface area contributed by atoms with Crippen LogP contribution in [-0.4, -0.2) is 17.4 Å². The number of ketones is 1. The molecule has 0 aliphatic carbocycles. The van der Waals surface area contributed by atoms with E-state index in [1.165, 1.54) is 5.56 Å². The zero-order valence-electron chi connectivity index (χ0n) is 20.2. The molecule has 0 unspecified atom stereocenters. The third-order valence-corrected chi connectivity index (χ3v) is 7.21. The van der Waals surface area contributed by atoms with E-state index in [1.807, 2.05) is 43.3 Å². The number of hydrogen-bond acceptors (Lipinski definition) is 4. The van der Waals surface area contributed by atoms with Crippen molar-refractivity contribution in [2.24, 2.45) is 0 Å². The molecule has 0 atom stereocenters. The van der Waals surface area contributed by atoms with Crippen molar-refractivity contribution in [2.45, 2.75) is 46.2 Å². The maximum atomic E-state index is 13.2. The van der Waals surface area contributed by atoms with E-state index in [0.29, 0.717) is 46.9 Å². The molecule has 0 saturated carbocycles. The van der Waals surface area contributed by atoms with Crippen LogP contribution in [0.15, 0.2) is 54.3 Å². The molecule has 3 aromatic carbocycles. The van der Waals surface area contributed by atoms with Crippen molar-refractivity contribution in [1.82, 2.24) is 4.90 Å². The van der Waals surface area contributed by atoms with E-state index in [9.17, 15) is 4.79 Å². The summed E-state index contributed by atoms with van der Waals surface area (Å²) in [6, 6.07) is 15.8. The van der Waals surface area contributed by atoms with E-state index in [4.69, 9.17) is 32.7 Å². The Kier molecular flexibility index (Phi) is 6.16. The van der Waals surface area contributed by atoms with Crippen LogP contribution in [0, 0.1) is 6.92 Å². The molecule has 4 nitrogen and oxygen atoms in total. The third-order valence-electron chi connectivity index (χ3n) is 6.47. The normalized spacial score (nSPS) is 16.6. The number of fused-ring (bicyclic) bond motifs is 2. The SMILES string of the molecule is Cc1c2c(cc3c1O/C(=C\c1ccc(C(C)(C)C)cc1)C3=O)CN(Cc1ccc(Cl)c(Cl)c1)CO2. The summed E-state index contributed by atoms with van der Waals surface area (Å²) in [6.45, 7) is 10.2. The van der Waals surface area contributed by atoms with Crippen molar-refractivity contribution >= 4 is 35.1 Å². The molecule has 0 saturated heterocycles. The number of Topliss-reactive ketones (excluding diaryl/α,β-unsaturated/α-hetero) is 1. The highest BCUT2D eigenvalue weighted by Crippen LogP contribution is 2.43. The van der Waals surface area contributed by atoms with Crippen molar-refractivity contribution in [3.05, 3.63) is 97.7 Å². The van der Waals surface area contributed by atoms with Gasteiger partial charge in [-0.2, -0.15) is 0 Å². The number of benzene rings is 3. The van der Waals surface area contributed by atoms with Gasteiger partial charge in [0.15, 0.2) is 5.76 Å². The van der Waals surface area contributed by atoms with Crippen LogP contribution in [0.2, 0.25) is 10.0 Å². The largest absolute Gasteiger partial charge is 0.477 e. The van der Waals surface area contributed by atoms with Crippen LogP contribution in [-0.2, 0) is 18.5 Å². The van der Waals surface area contributed by atoms with Crippen LogP contribution in [0.4, 0.5) is 0 Å². The number of carbonyl (C=O) groups excluding carboxylic acids is 1. The Labute approximate surface area is 216 Å². The van der Waals surface area contributed by atoms with Gasteiger partial charge in [-0.05, 0) is 53.3 Å². The lowest BCUT2D eigenvalue weighted by atomic mass is 9.86. The molecule has 0 aromatic heterocycles. The highest BCUT2D eigenvalue weighted by molar-refractivity contribution is 6.42. The van der Waals surface area contributed by atoms with Gasteiger partial charge >= 0.3 is 0 Å². The zero-order valence-corrected chi connectivity index (χ0v) is 21.8. The predicted octanol–water partition coefficient (Wildman–Crippen LogP) is 7.57. The van der Waals surface area contributed by atoms with Gasteiger partial charge in [-0.15, -0.1) is 0 Å². The molecule has 0 spiro atoms. The Bertz CT molecular complexity index is 1350. The van der Waals surface area contributed by atoms with Gasteiger partial charge in [-0.3, -0.25) is 9.69 Å². The quantitative estimate of drug-likeness (QED) is 0.342. The molecular formula is C29H27Cl2NO3. The summed E-state index contributed by atoms with van der Waals surface area (Å²) in [4.78, 5) is 15.4. The van der Waals surface area contributed by atoms with E-state index < -0.39 is 0 Å². The summed E-state index contributed by atoms with van der Waals surface area (Å²) in [5.74, 6) is 1.61. The molecule has 3 aromatic rings. The molecule has 180 valence electrons. The van der Waals surface area contributed by atoms with Gasteiger partial charge in [0.05, 0.1) is 15.6 Å². The summed E-state index contributed by atoms with van der Waals surface area (Å²) < 4.78 is 12.2. The van der Waals surface area contributed by atoms with Crippen molar-refractivity contribution in [3.63, 3.8) is 0 Å². The number of allylic oxidation sites excluding steroid dienone is 1. The third kappa shape index (κ3) is 4.71. The fourth-order valence-electron chi connectivity index (χ4n) is 4.52. The van der Waals surface area contributed by atoms with Crippen molar-refractivity contribution in [2.75, 3.05) is 6.73 Å². The summed E-state index contributed by atoms with van der Waals surface area (Å²) in [7, 11) is 0. The maximum Gasteiger partial charge on any atom is 0.231 e. The van der Waals surface area contributed by atoms with E-state index in [-0.39, 0.29) is 11.2 Å². The average molecular weight is 508 g/mol. The number of halogens is 2. The van der Waals surface area contributed by atoms with Crippen molar-refractivity contribution < 1.29 is 14.3 Å². The molecule has 0 bridgehead atoms. The minimum absolute atomic E-state index is 0.0749. The Morgan fingerprint density at radius 3 is 2.43 bits per heavy atom. The van der Waals surface area contributed by atoms with Gasteiger partial charge in [0.25, 0.3) is 0 Å². The molecule has 0 amide bonds. The number of carbonyl (C=O) groups is 1. The standard InChI is InChI=1S/C29H27Cl2NO3/c1-17-27-20(15-32(16-34-27)14-19-7-10-23(30)24(31)11-19)13-22-26(33)25(35-28(17)22)12-18-5-8-21(9-6-18)29(2,3)4/h5-13H,14-16H2,1-4H3/b25-12-. The van der Waals surface area contributed by atoms with Crippen molar-refractivity contribution in [1.29, 1.82) is 0 Å². The van der Waals surface area contributed by atoms with Gasteiger partial charge in [-0.1, -0.05) is 74.3 Å². The molecular weight excluding hydrogens is 481 g/mol. The van der Waals surface area contributed by atoms with Crippen LogP contribution < -0.4 is 9.47 Å². The second-order valence-electron chi connectivity index (χ2n) is 10.2. The highest BCUT2D eigenvalue weighted by Gasteiger charge is 2.33. The summed E-state index contributed by atoms with van der Waals surface area (Å²) in [5, 5.41) is 1.07. The smallest absolute Gasteiger partial charge is 0.231 e. The molecule has 0 fully saturated rings. The van der Waals surface area contributed by atoms with E-state index >= 15 is 0 Å². The van der Waals surface area contributed by atoms with Gasteiger partial charge in [0.1, 0.15) is 18.2 Å². The van der Waals surface area contributed by atoms with Crippen LogP contribution in [0.25, 0.3) is 6.08 Å². The Hall–Kier alpha value is -2.79. The number of hydrogen-bond donors (Lipinski definition) is 0. The molecule has 6 heteroatoms. The molecule has 2 heterocycles. The number of rotatable bonds is 3. The fourth-order valence-corrected chi connectivity index (χ4v) is 4.85. The molecule has 5 rings (SSSR count). The summed E-state index contributed by atoms with van der Waals surface area (Å²) in [6.07, 6.45) is 1.81. The monoisotopic (exact) mass is 507 g/mol. The molecule has 0 N–H and O–H groups in total. The highest BCUT2D eigenvalue weighted by atomic mass is 35.5. The van der Waals surface area contributed by atoms with Crippen LogP contribution in [0.3, 0.4) is 0 Å². The van der Waals surface area contributed by atoms with Crippen LogP contribution in [0.1, 0.15) is 58.9 Å². The first kappa shape index (κ1) is 23.9. The second kappa shape index (κ2) is 9.02. The summed E-state index contributed by atoms with van der Waals surface area (Å²) >= 11 is 12.2. The minimum atomic E-state index is -0.104. The average Bonchev–Trinajstić information content (AvgIpc) is 3.12. The fraction of sp³-hybridized carbons (Fsp3) is 0.276.